The molecule has 1 saturated carbocycles. The lowest BCUT2D eigenvalue weighted by Crippen LogP contribution is -2.41. The zero-order chi connectivity index (χ0) is 14.1. The van der Waals surface area contributed by atoms with Crippen LogP contribution in [0.15, 0.2) is 23.2 Å². The molecule has 1 aliphatic carbocycles. The highest BCUT2D eigenvalue weighted by Gasteiger charge is 2.37. The van der Waals surface area contributed by atoms with Gasteiger partial charge in [0.15, 0.2) is 0 Å². The SMILES string of the molecule is CNc1ccc(S(=O)(=O)NC2CCCC2(C)C)cn1. The van der Waals surface area contributed by atoms with E-state index in [0.717, 1.165) is 19.3 Å². The highest BCUT2D eigenvalue weighted by molar-refractivity contribution is 7.89. The van der Waals surface area contributed by atoms with Gasteiger partial charge in [0.2, 0.25) is 10.0 Å². The molecule has 0 spiro atoms. The average molecular weight is 283 g/mol. The Balaban J connectivity index is 2.18. The molecular formula is C13H21N3O2S. The summed E-state index contributed by atoms with van der Waals surface area (Å²) in [6.45, 7) is 4.21. The van der Waals surface area contributed by atoms with Crippen LogP contribution in [0.2, 0.25) is 0 Å². The molecule has 1 unspecified atom stereocenters. The van der Waals surface area contributed by atoms with Gasteiger partial charge in [-0.2, -0.15) is 0 Å². The van der Waals surface area contributed by atoms with Gasteiger partial charge in [0.05, 0.1) is 0 Å². The topological polar surface area (TPSA) is 71.1 Å². The monoisotopic (exact) mass is 283 g/mol. The number of nitrogens with zero attached hydrogens (tertiary/aromatic N) is 1. The van der Waals surface area contributed by atoms with Gasteiger partial charge in [-0.3, -0.25) is 0 Å². The van der Waals surface area contributed by atoms with E-state index in [-0.39, 0.29) is 16.4 Å². The molecule has 1 aromatic heterocycles. The van der Waals surface area contributed by atoms with E-state index in [0.29, 0.717) is 5.82 Å². The van der Waals surface area contributed by atoms with Crippen LogP contribution in [-0.4, -0.2) is 26.5 Å². The molecule has 2 N–H and O–H groups in total. The maximum Gasteiger partial charge on any atom is 0.242 e. The molecule has 0 radical (unpaired) electrons. The molecule has 0 aliphatic heterocycles. The van der Waals surface area contributed by atoms with E-state index in [1.54, 1.807) is 19.2 Å². The summed E-state index contributed by atoms with van der Waals surface area (Å²) in [4.78, 5) is 4.26. The summed E-state index contributed by atoms with van der Waals surface area (Å²) in [6.07, 6.45) is 4.40. The van der Waals surface area contributed by atoms with E-state index in [2.05, 4.69) is 28.9 Å². The molecule has 0 bridgehead atoms. The number of nitrogens with one attached hydrogen (secondary N) is 2. The van der Waals surface area contributed by atoms with Crippen molar-refractivity contribution in [3.05, 3.63) is 18.3 Å². The molecule has 2 rings (SSSR count). The first-order valence-corrected chi connectivity index (χ1v) is 8.00. The van der Waals surface area contributed by atoms with Crippen LogP contribution in [0.5, 0.6) is 0 Å². The first-order chi connectivity index (χ1) is 8.85. The highest BCUT2D eigenvalue weighted by Crippen LogP contribution is 2.37. The van der Waals surface area contributed by atoms with Crippen molar-refractivity contribution in [2.75, 3.05) is 12.4 Å². The zero-order valence-electron chi connectivity index (χ0n) is 11.6. The van der Waals surface area contributed by atoms with Crippen LogP contribution in [0.4, 0.5) is 5.82 Å². The first-order valence-electron chi connectivity index (χ1n) is 6.51. The second-order valence-corrected chi connectivity index (χ2v) is 7.40. The third-order valence-electron chi connectivity index (χ3n) is 3.86. The summed E-state index contributed by atoms with van der Waals surface area (Å²) in [7, 11) is -1.73. The lowest BCUT2D eigenvalue weighted by Gasteiger charge is -2.27. The van der Waals surface area contributed by atoms with Crippen molar-refractivity contribution in [1.29, 1.82) is 0 Å². The van der Waals surface area contributed by atoms with Crippen molar-refractivity contribution in [3.63, 3.8) is 0 Å². The van der Waals surface area contributed by atoms with E-state index < -0.39 is 10.0 Å². The van der Waals surface area contributed by atoms with E-state index >= 15 is 0 Å². The van der Waals surface area contributed by atoms with Gasteiger partial charge in [0.25, 0.3) is 0 Å². The van der Waals surface area contributed by atoms with Crippen LogP contribution in [-0.2, 0) is 10.0 Å². The van der Waals surface area contributed by atoms with Crippen molar-refractivity contribution in [3.8, 4) is 0 Å². The zero-order valence-corrected chi connectivity index (χ0v) is 12.4. The van der Waals surface area contributed by atoms with Crippen molar-refractivity contribution in [1.82, 2.24) is 9.71 Å². The molecule has 1 heterocycles. The Kier molecular flexibility index (Phi) is 3.82. The molecule has 0 saturated heterocycles. The molecule has 0 aromatic carbocycles. The predicted molar refractivity (Wildman–Crippen MR) is 75.5 cm³/mol. The second-order valence-electron chi connectivity index (χ2n) is 5.68. The molecule has 106 valence electrons. The summed E-state index contributed by atoms with van der Waals surface area (Å²) < 4.78 is 27.4. The van der Waals surface area contributed by atoms with Gasteiger partial charge in [-0.1, -0.05) is 20.3 Å². The number of pyridine rings is 1. The maximum atomic E-state index is 12.3. The summed E-state index contributed by atoms with van der Waals surface area (Å²) in [5.74, 6) is 0.653. The molecule has 1 aliphatic rings. The fourth-order valence-corrected chi connectivity index (χ4v) is 3.87. The van der Waals surface area contributed by atoms with Gasteiger partial charge < -0.3 is 5.32 Å². The van der Waals surface area contributed by atoms with E-state index in [9.17, 15) is 8.42 Å². The van der Waals surface area contributed by atoms with Crippen LogP contribution < -0.4 is 10.0 Å². The van der Waals surface area contributed by atoms with Crippen LogP contribution >= 0.6 is 0 Å². The lowest BCUT2D eigenvalue weighted by atomic mass is 9.88. The summed E-state index contributed by atoms with van der Waals surface area (Å²) in [5.41, 5.74) is 0.0193. The number of hydrogen-bond acceptors (Lipinski definition) is 4. The van der Waals surface area contributed by atoms with Crippen molar-refractivity contribution >= 4 is 15.8 Å². The smallest absolute Gasteiger partial charge is 0.242 e. The van der Waals surface area contributed by atoms with Crippen LogP contribution in [0.3, 0.4) is 0 Å². The first kappa shape index (κ1) is 14.3. The minimum absolute atomic E-state index is 0.00137. The quantitative estimate of drug-likeness (QED) is 0.886. The molecule has 1 fully saturated rings. The normalized spacial score (nSPS) is 22.4. The van der Waals surface area contributed by atoms with Crippen LogP contribution in [0, 0.1) is 5.41 Å². The van der Waals surface area contributed by atoms with E-state index in [4.69, 9.17) is 0 Å². The maximum absolute atomic E-state index is 12.3. The Hall–Kier alpha value is -1.14. The third-order valence-corrected chi connectivity index (χ3v) is 5.31. The van der Waals surface area contributed by atoms with Gasteiger partial charge in [0, 0.05) is 19.3 Å². The number of aromatic nitrogens is 1. The van der Waals surface area contributed by atoms with Gasteiger partial charge in [0.1, 0.15) is 10.7 Å². The second kappa shape index (κ2) is 5.09. The molecule has 0 amide bonds. The Morgan fingerprint density at radius 3 is 2.58 bits per heavy atom. The summed E-state index contributed by atoms with van der Waals surface area (Å²) in [6, 6.07) is 3.23. The number of rotatable bonds is 4. The largest absolute Gasteiger partial charge is 0.373 e. The minimum Gasteiger partial charge on any atom is -0.373 e. The summed E-state index contributed by atoms with van der Waals surface area (Å²) in [5, 5.41) is 2.87. The molecule has 6 heteroatoms. The van der Waals surface area contributed by atoms with E-state index in [1.165, 1.54) is 6.20 Å². The van der Waals surface area contributed by atoms with E-state index in [1.807, 2.05) is 0 Å². The Morgan fingerprint density at radius 1 is 1.37 bits per heavy atom. The molecule has 1 atom stereocenters. The minimum atomic E-state index is -3.48. The van der Waals surface area contributed by atoms with Gasteiger partial charge in [-0.15, -0.1) is 0 Å². The predicted octanol–water partition coefficient (Wildman–Crippen LogP) is 1.98. The number of hydrogen-bond donors (Lipinski definition) is 2. The van der Waals surface area contributed by atoms with Crippen LogP contribution in [0.25, 0.3) is 0 Å². The molecular weight excluding hydrogens is 262 g/mol. The van der Waals surface area contributed by atoms with Gasteiger partial charge in [-0.25, -0.2) is 18.1 Å². The fourth-order valence-electron chi connectivity index (χ4n) is 2.49. The average Bonchev–Trinajstić information content (AvgIpc) is 2.68. The number of sulfonamides is 1. The Bertz CT molecular complexity index is 538. The van der Waals surface area contributed by atoms with Crippen molar-refractivity contribution in [2.24, 2.45) is 5.41 Å². The molecule has 1 aromatic rings. The van der Waals surface area contributed by atoms with Gasteiger partial charge >= 0.3 is 0 Å². The number of anilines is 1. The fraction of sp³-hybridized carbons (Fsp3) is 0.615. The molecule has 5 nitrogen and oxygen atoms in total. The Labute approximate surface area is 114 Å². The highest BCUT2D eigenvalue weighted by atomic mass is 32.2. The third kappa shape index (κ3) is 3.06. The van der Waals surface area contributed by atoms with Gasteiger partial charge in [-0.05, 0) is 30.4 Å². The lowest BCUT2D eigenvalue weighted by molar-refractivity contribution is 0.313. The van der Waals surface area contributed by atoms with Crippen LogP contribution in [0.1, 0.15) is 33.1 Å². The van der Waals surface area contributed by atoms with Crippen molar-refractivity contribution < 1.29 is 8.42 Å². The Morgan fingerprint density at radius 2 is 2.11 bits per heavy atom. The summed E-state index contributed by atoms with van der Waals surface area (Å²) >= 11 is 0. The molecule has 19 heavy (non-hydrogen) atoms. The standard InChI is InChI=1S/C13H21N3O2S/c1-13(2)8-4-5-11(13)16-19(17,18)10-6-7-12(14-3)15-9-10/h6-7,9,11,16H,4-5,8H2,1-3H3,(H,14,15). The van der Waals surface area contributed by atoms with Crippen molar-refractivity contribution in [2.45, 2.75) is 44.0 Å².